The van der Waals surface area contributed by atoms with Crippen molar-refractivity contribution >= 4 is 21.9 Å². The van der Waals surface area contributed by atoms with Crippen LogP contribution in [0.5, 0.6) is 0 Å². The van der Waals surface area contributed by atoms with E-state index >= 15 is 0 Å². The highest BCUT2D eigenvalue weighted by molar-refractivity contribution is 6.12. The summed E-state index contributed by atoms with van der Waals surface area (Å²) >= 11 is 0. The van der Waals surface area contributed by atoms with Gasteiger partial charge in [0.15, 0.2) is 17.5 Å². The number of furan rings is 1. The van der Waals surface area contributed by atoms with Gasteiger partial charge in [0, 0.05) is 39.2 Å². The first-order chi connectivity index (χ1) is 22.2. The van der Waals surface area contributed by atoms with Crippen molar-refractivity contribution in [3.05, 3.63) is 145 Å². The minimum Gasteiger partial charge on any atom is -0.456 e. The van der Waals surface area contributed by atoms with Crippen molar-refractivity contribution in [3.8, 4) is 62.5 Å². The highest BCUT2D eigenvalue weighted by Crippen LogP contribution is 2.38. The molecule has 5 aromatic carbocycles. The van der Waals surface area contributed by atoms with Gasteiger partial charge in [-0.25, -0.2) is 19.9 Å². The van der Waals surface area contributed by atoms with Crippen molar-refractivity contribution in [1.29, 1.82) is 5.26 Å². The quantitative estimate of drug-likeness (QED) is 0.202. The largest absolute Gasteiger partial charge is 0.456 e. The van der Waals surface area contributed by atoms with Crippen LogP contribution in [0.15, 0.2) is 144 Å². The molecule has 0 aliphatic heterocycles. The third kappa shape index (κ3) is 4.89. The van der Waals surface area contributed by atoms with E-state index < -0.39 is 0 Å². The molecule has 3 heterocycles. The van der Waals surface area contributed by atoms with Crippen molar-refractivity contribution in [2.75, 3.05) is 0 Å². The second kappa shape index (κ2) is 11.0. The van der Waals surface area contributed by atoms with E-state index in [1.54, 1.807) is 12.3 Å². The molecule has 0 aliphatic rings. The highest BCUT2D eigenvalue weighted by Gasteiger charge is 2.16. The van der Waals surface area contributed by atoms with Gasteiger partial charge >= 0.3 is 0 Å². The Bertz CT molecular complexity index is 2360. The lowest BCUT2D eigenvalue weighted by atomic mass is 9.99. The average Bonchev–Trinajstić information content (AvgIpc) is 3.50. The molecular weight excluding hydrogens is 554 g/mol. The maximum absolute atomic E-state index is 9.07. The monoisotopic (exact) mass is 577 g/mol. The molecule has 0 fully saturated rings. The topological polar surface area (TPSA) is 88.5 Å². The predicted molar refractivity (Wildman–Crippen MR) is 177 cm³/mol. The Kier molecular flexibility index (Phi) is 6.40. The van der Waals surface area contributed by atoms with Gasteiger partial charge in [-0.2, -0.15) is 5.26 Å². The lowest BCUT2D eigenvalue weighted by Gasteiger charge is -2.09. The average molecular weight is 578 g/mol. The number of nitrogens with zero attached hydrogens (tertiary/aromatic N) is 5. The molecule has 0 unspecified atom stereocenters. The smallest absolute Gasteiger partial charge is 0.164 e. The first kappa shape index (κ1) is 26.2. The zero-order valence-electron chi connectivity index (χ0n) is 23.9. The van der Waals surface area contributed by atoms with Gasteiger partial charge in [-0.3, -0.25) is 0 Å². The summed E-state index contributed by atoms with van der Waals surface area (Å²) < 4.78 is 6.38. The molecule has 0 aliphatic carbocycles. The number of fused-ring (bicyclic) bond motifs is 3. The Hall–Kier alpha value is -6.45. The fourth-order valence-electron chi connectivity index (χ4n) is 5.62. The van der Waals surface area contributed by atoms with Gasteiger partial charge < -0.3 is 4.42 Å². The van der Waals surface area contributed by atoms with Crippen molar-refractivity contribution in [1.82, 2.24) is 19.9 Å². The molecule has 0 amide bonds. The molecule has 0 saturated carbocycles. The van der Waals surface area contributed by atoms with E-state index in [0.29, 0.717) is 23.2 Å². The van der Waals surface area contributed by atoms with Gasteiger partial charge in [0.05, 0.1) is 0 Å². The van der Waals surface area contributed by atoms with E-state index in [-0.39, 0.29) is 0 Å². The van der Waals surface area contributed by atoms with Gasteiger partial charge in [-0.15, -0.1) is 0 Å². The van der Waals surface area contributed by atoms with Gasteiger partial charge in [-0.1, -0.05) is 103 Å². The maximum atomic E-state index is 9.07. The zero-order chi connectivity index (χ0) is 30.2. The Morgan fingerprint density at radius 3 is 1.76 bits per heavy atom. The number of pyridine rings is 1. The number of rotatable bonds is 5. The minimum atomic E-state index is 0.388. The van der Waals surface area contributed by atoms with E-state index in [2.05, 4.69) is 47.5 Å². The van der Waals surface area contributed by atoms with Crippen molar-refractivity contribution in [2.24, 2.45) is 0 Å². The van der Waals surface area contributed by atoms with Crippen LogP contribution in [-0.4, -0.2) is 19.9 Å². The zero-order valence-corrected chi connectivity index (χ0v) is 23.9. The van der Waals surface area contributed by atoms with Crippen LogP contribution in [0.2, 0.25) is 0 Å². The molecular formula is C39H23N5O. The SMILES string of the molecule is N#Cc1ccc(-c2ccc(-c3nc(-c4ccccc4)nc(-c4ccc5c(c4)oc4cccc(-c6ccccc6)c45)n3)cc2)cn1. The van der Waals surface area contributed by atoms with Crippen LogP contribution >= 0.6 is 0 Å². The molecule has 210 valence electrons. The van der Waals surface area contributed by atoms with E-state index in [4.69, 9.17) is 24.6 Å². The van der Waals surface area contributed by atoms with Crippen LogP contribution in [0.4, 0.5) is 0 Å². The van der Waals surface area contributed by atoms with Crippen LogP contribution in [-0.2, 0) is 0 Å². The molecule has 45 heavy (non-hydrogen) atoms. The van der Waals surface area contributed by atoms with E-state index in [1.165, 1.54) is 0 Å². The predicted octanol–water partition coefficient (Wildman–Crippen LogP) is 9.37. The molecule has 0 N–H and O–H groups in total. The molecule has 0 spiro atoms. The lowest BCUT2D eigenvalue weighted by Crippen LogP contribution is -2.00. The molecule has 6 nitrogen and oxygen atoms in total. The van der Waals surface area contributed by atoms with Gasteiger partial charge in [0.25, 0.3) is 0 Å². The Labute approximate surface area is 259 Å². The Morgan fingerprint density at radius 1 is 0.489 bits per heavy atom. The normalized spacial score (nSPS) is 11.1. The van der Waals surface area contributed by atoms with Gasteiger partial charge in [0.1, 0.15) is 22.9 Å². The second-order valence-electron chi connectivity index (χ2n) is 10.7. The minimum absolute atomic E-state index is 0.388. The second-order valence-corrected chi connectivity index (χ2v) is 10.7. The summed E-state index contributed by atoms with van der Waals surface area (Å²) in [7, 11) is 0. The van der Waals surface area contributed by atoms with Gasteiger partial charge in [-0.05, 0) is 47.0 Å². The number of hydrogen-bond donors (Lipinski definition) is 0. The van der Waals surface area contributed by atoms with E-state index in [0.717, 1.165) is 60.9 Å². The van der Waals surface area contributed by atoms with Crippen LogP contribution in [0.25, 0.3) is 78.4 Å². The summed E-state index contributed by atoms with van der Waals surface area (Å²) in [6.07, 6.45) is 1.71. The summed E-state index contributed by atoms with van der Waals surface area (Å²) in [5, 5.41) is 11.2. The Balaban J connectivity index is 1.23. The van der Waals surface area contributed by atoms with Gasteiger partial charge in [0.2, 0.25) is 0 Å². The van der Waals surface area contributed by atoms with Crippen molar-refractivity contribution < 1.29 is 4.42 Å². The van der Waals surface area contributed by atoms with Crippen LogP contribution in [0.3, 0.4) is 0 Å². The molecule has 0 bridgehead atoms. The van der Waals surface area contributed by atoms with Crippen LogP contribution in [0.1, 0.15) is 5.69 Å². The van der Waals surface area contributed by atoms with Crippen molar-refractivity contribution in [2.45, 2.75) is 0 Å². The molecule has 8 aromatic rings. The molecule has 6 heteroatoms. The molecule has 0 saturated heterocycles. The van der Waals surface area contributed by atoms with Crippen LogP contribution < -0.4 is 0 Å². The number of hydrogen-bond acceptors (Lipinski definition) is 6. The number of nitriles is 1. The van der Waals surface area contributed by atoms with Crippen LogP contribution in [0, 0.1) is 11.3 Å². The summed E-state index contributed by atoms with van der Waals surface area (Å²) in [6.45, 7) is 0. The third-order valence-corrected chi connectivity index (χ3v) is 7.86. The van der Waals surface area contributed by atoms with E-state index in [1.807, 2.05) is 91.0 Å². The highest BCUT2D eigenvalue weighted by atomic mass is 16.3. The standard InChI is InChI=1S/C39H23N5O/c40-23-31-20-18-30(24-41-31)25-14-16-28(17-15-25)38-42-37(27-10-5-2-6-11-27)43-39(44-38)29-19-21-33-35(22-29)45-34-13-7-12-32(36(33)34)26-8-3-1-4-9-26/h1-22,24H. The fourth-order valence-corrected chi connectivity index (χ4v) is 5.62. The molecule has 3 aromatic heterocycles. The molecule has 8 rings (SSSR count). The Morgan fingerprint density at radius 2 is 1.09 bits per heavy atom. The lowest BCUT2D eigenvalue weighted by molar-refractivity contribution is 0.669. The third-order valence-electron chi connectivity index (χ3n) is 7.86. The summed E-state index contributed by atoms with van der Waals surface area (Å²) in [4.78, 5) is 18.9. The number of benzene rings is 5. The first-order valence-electron chi connectivity index (χ1n) is 14.5. The summed E-state index contributed by atoms with van der Waals surface area (Å²) in [6, 6.07) is 46.3. The first-order valence-corrected chi connectivity index (χ1v) is 14.5. The molecule has 0 atom stereocenters. The van der Waals surface area contributed by atoms with E-state index in [9.17, 15) is 0 Å². The summed E-state index contributed by atoms with van der Waals surface area (Å²) in [5.74, 6) is 1.72. The summed E-state index contributed by atoms with van der Waals surface area (Å²) in [5.41, 5.74) is 8.78. The molecule has 0 radical (unpaired) electrons. The van der Waals surface area contributed by atoms with Crippen molar-refractivity contribution in [3.63, 3.8) is 0 Å². The number of aromatic nitrogens is 4. The maximum Gasteiger partial charge on any atom is 0.164 e. The fraction of sp³-hybridized carbons (Fsp3) is 0.